The number of hydrogen-bond donors (Lipinski definition) is 1. The van der Waals surface area contributed by atoms with Crippen molar-refractivity contribution >= 4 is 15.9 Å². The van der Waals surface area contributed by atoms with E-state index in [0.29, 0.717) is 18.7 Å². The highest BCUT2D eigenvalue weighted by atomic mass is 32.2. The van der Waals surface area contributed by atoms with E-state index < -0.39 is 16.1 Å². The molecule has 6 nitrogen and oxygen atoms in total. The van der Waals surface area contributed by atoms with E-state index in [-0.39, 0.29) is 5.91 Å². The first-order chi connectivity index (χ1) is 13.3. The van der Waals surface area contributed by atoms with Gasteiger partial charge in [0.05, 0.1) is 12.9 Å². The van der Waals surface area contributed by atoms with E-state index in [1.807, 2.05) is 37.3 Å². The Hall–Kier alpha value is -2.38. The van der Waals surface area contributed by atoms with E-state index in [9.17, 15) is 13.2 Å². The van der Waals surface area contributed by atoms with Crippen LogP contribution in [0, 0.1) is 0 Å². The summed E-state index contributed by atoms with van der Waals surface area (Å²) in [5, 5.41) is 2.87. The smallest absolute Gasteiger partial charge is 0.242 e. The van der Waals surface area contributed by atoms with Crippen LogP contribution in [0.25, 0.3) is 0 Å². The maximum absolute atomic E-state index is 12.8. The van der Waals surface area contributed by atoms with Gasteiger partial charge in [-0.2, -0.15) is 4.31 Å². The number of amides is 1. The molecule has 7 heteroatoms. The van der Waals surface area contributed by atoms with Crippen molar-refractivity contribution in [3.8, 4) is 5.75 Å². The highest BCUT2D eigenvalue weighted by molar-refractivity contribution is 7.88. The molecule has 0 saturated heterocycles. The van der Waals surface area contributed by atoms with Gasteiger partial charge < -0.3 is 10.1 Å². The molecule has 0 aliphatic heterocycles. The third kappa shape index (κ3) is 6.07. The largest absolute Gasteiger partial charge is 0.494 e. The van der Waals surface area contributed by atoms with Gasteiger partial charge in [0.15, 0.2) is 0 Å². The molecule has 1 atom stereocenters. The number of ether oxygens (including phenoxy) is 1. The number of para-hydroxylation sites is 1. The molecule has 1 amide bonds. The van der Waals surface area contributed by atoms with Gasteiger partial charge in [-0.25, -0.2) is 8.42 Å². The fourth-order valence-corrected chi connectivity index (χ4v) is 3.55. The minimum absolute atomic E-state index is 0.336. The van der Waals surface area contributed by atoms with Crippen molar-refractivity contribution in [3.63, 3.8) is 0 Å². The summed E-state index contributed by atoms with van der Waals surface area (Å²) >= 11 is 0. The number of likely N-dealkylation sites (N-methyl/N-ethyl adjacent to an activating group) is 1. The number of carbonyl (C=O) groups excluding carboxylic acids is 1. The van der Waals surface area contributed by atoms with Crippen LogP contribution in [-0.4, -0.2) is 45.1 Å². The van der Waals surface area contributed by atoms with Gasteiger partial charge in [-0.15, -0.1) is 0 Å². The monoisotopic (exact) mass is 404 g/mol. The van der Waals surface area contributed by atoms with Crippen molar-refractivity contribution < 1.29 is 17.9 Å². The first kappa shape index (κ1) is 21.9. The Morgan fingerprint density at radius 2 is 1.75 bits per heavy atom. The van der Waals surface area contributed by atoms with Gasteiger partial charge in [0.1, 0.15) is 11.8 Å². The second-order valence-electron chi connectivity index (χ2n) is 6.53. The number of nitrogens with zero attached hydrogens (tertiary/aromatic N) is 1. The Labute approximate surface area is 167 Å². The summed E-state index contributed by atoms with van der Waals surface area (Å²) in [5.41, 5.74) is 1.72. The van der Waals surface area contributed by atoms with Crippen LogP contribution >= 0.6 is 0 Å². The molecule has 2 aromatic rings. The fraction of sp³-hybridized carbons (Fsp3) is 0.381. The summed E-state index contributed by atoms with van der Waals surface area (Å²) < 4.78 is 30.7. The van der Waals surface area contributed by atoms with Crippen LogP contribution in [0.15, 0.2) is 54.6 Å². The molecule has 2 aromatic carbocycles. The van der Waals surface area contributed by atoms with Crippen LogP contribution in [0.4, 0.5) is 0 Å². The van der Waals surface area contributed by atoms with Crippen LogP contribution in [0.5, 0.6) is 5.75 Å². The van der Waals surface area contributed by atoms with Crippen LogP contribution < -0.4 is 10.1 Å². The molecule has 0 aromatic heterocycles. The van der Waals surface area contributed by atoms with E-state index in [0.717, 1.165) is 34.7 Å². The number of sulfonamides is 1. The van der Waals surface area contributed by atoms with Crippen molar-refractivity contribution in [2.45, 2.75) is 25.8 Å². The first-order valence-electron chi connectivity index (χ1n) is 9.31. The SMILES string of the molecule is CCOc1ccccc1CCCNC(=O)[C@H](c1ccccc1)N(C)S(C)(=O)=O. The maximum atomic E-state index is 12.8. The highest BCUT2D eigenvalue weighted by Crippen LogP contribution is 2.22. The average Bonchev–Trinajstić information content (AvgIpc) is 2.67. The highest BCUT2D eigenvalue weighted by Gasteiger charge is 2.30. The Morgan fingerprint density at radius 3 is 2.39 bits per heavy atom. The molecule has 0 aliphatic carbocycles. The third-order valence-electron chi connectivity index (χ3n) is 4.44. The van der Waals surface area contributed by atoms with Gasteiger partial charge >= 0.3 is 0 Å². The van der Waals surface area contributed by atoms with Gasteiger partial charge in [-0.1, -0.05) is 48.5 Å². The summed E-state index contributed by atoms with van der Waals surface area (Å²) in [6.07, 6.45) is 2.58. The first-order valence-corrected chi connectivity index (χ1v) is 11.2. The van der Waals surface area contributed by atoms with Gasteiger partial charge in [0.25, 0.3) is 0 Å². The molecule has 2 rings (SSSR count). The van der Waals surface area contributed by atoms with Crippen molar-refractivity contribution in [3.05, 3.63) is 65.7 Å². The lowest BCUT2D eigenvalue weighted by Crippen LogP contribution is -2.41. The lowest BCUT2D eigenvalue weighted by molar-refractivity contribution is -0.124. The zero-order chi connectivity index (χ0) is 20.6. The van der Waals surface area contributed by atoms with Crippen molar-refractivity contribution in [1.82, 2.24) is 9.62 Å². The van der Waals surface area contributed by atoms with E-state index in [1.54, 1.807) is 24.3 Å². The molecule has 0 saturated carbocycles. The average molecular weight is 405 g/mol. The number of carbonyl (C=O) groups is 1. The van der Waals surface area contributed by atoms with E-state index in [4.69, 9.17) is 4.74 Å². The van der Waals surface area contributed by atoms with E-state index in [2.05, 4.69) is 5.32 Å². The molecule has 0 spiro atoms. The second kappa shape index (κ2) is 10.2. The Kier molecular flexibility index (Phi) is 8.02. The van der Waals surface area contributed by atoms with Gasteiger partial charge in [0, 0.05) is 13.6 Å². The third-order valence-corrected chi connectivity index (χ3v) is 5.70. The lowest BCUT2D eigenvalue weighted by atomic mass is 10.1. The molecule has 0 bridgehead atoms. The summed E-state index contributed by atoms with van der Waals surface area (Å²) in [6, 6.07) is 15.9. The van der Waals surface area contributed by atoms with Crippen molar-refractivity contribution in [2.75, 3.05) is 26.5 Å². The van der Waals surface area contributed by atoms with Crippen molar-refractivity contribution in [2.24, 2.45) is 0 Å². The number of rotatable bonds is 10. The Balaban J connectivity index is 2.01. The zero-order valence-corrected chi connectivity index (χ0v) is 17.4. The van der Waals surface area contributed by atoms with Crippen LogP contribution in [0.3, 0.4) is 0 Å². The van der Waals surface area contributed by atoms with E-state index >= 15 is 0 Å². The normalized spacial score (nSPS) is 12.6. The zero-order valence-electron chi connectivity index (χ0n) is 16.6. The molecule has 152 valence electrons. The Morgan fingerprint density at radius 1 is 1.11 bits per heavy atom. The molecule has 28 heavy (non-hydrogen) atoms. The minimum atomic E-state index is -3.52. The van der Waals surface area contributed by atoms with Gasteiger partial charge in [0.2, 0.25) is 15.9 Å². The predicted octanol–water partition coefficient (Wildman–Crippen LogP) is 2.77. The van der Waals surface area contributed by atoms with E-state index in [1.165, 1.54) is 7.05 Å². The summed E-state index contributed by atoms with van der Waals surface area (Å²) in [5.74, 6) is 0.521. The van der Waals surface area contributed by atoms with Crippen LogP contribution in [0.2, 0.25) is 0 Å². The Bertz CT molecular complexity index is 869. The lowest BCUT2D eigenvalue weighted by Gasteiger charge is -2.25. The van der Waals surface area contributed by atoms with Gasteiger partial charge in [-0.05, 0) is 37.0 Å². The van der Waals surface area contributed by atoms with Crippen molar-refractivity contribution in [1.29, 1.82) is 0 Å². The number of aryl methyl sites for hydroxylation is 1. The fourth-order valence-electron chi connectivity index (χ4n) is 2.95. The van der Waals surface area contributed by atoms with Crippen LogP contribution in [-0.2, 0) is 21.2 Å². The predicted molar refractivity (Wildman–Crippen MR) is 111 cm³/mol. The molecule has 0 radical (unpaired) electrons. The minimum Gasteiger partial charge on any atom is -0.494 e. The molecule has 0 unspecified atom stereocenters. The van der Waals surface area contributed by atoms with Crippen LogP contribution in [0.1, 0.15) is 30.5 Å². The summed E-state index contributed by atoms with van der Waals surface area (Å²) in [7, 11) is -2.10. The number of nitrogens with one attached hydrogen (secondary N) is 1. The molecule has 0 aliphatic rings. The summed E-state index contributed by atoms with van der Waals surface area (Å²) in [4.78, 5) is 12.8. The topological polar surface area (TPSA) is 75.7 Å². The molecule has 0 heterocycles. The maximum Gasteiger partial charge on any atom is 0.242 e. The second-order valence-corrected chi connectivity index (χ2v) is 8.57. The molecule has 1 N–H and O–H groups in total. The number of hydrogen-bond acceptors (Lipinski definition) is 4. The number of benzene rings is 2. The molecular weight excluding hydrogens is 376 g/mol. The standard InChI is InChI=1S/C21H28N2O4S/c1-4-27-19-15-9-8-11-17(19)14-10-16-22-21(24)20(23(2)28(3,25)26)18-12-6-5-7-13-18/h5-9,11-13,15,20H,4,10,14,16H2,1-3H3,(H,22,24)/t20-/m0/s1. The quantitative estimate of drug-likeness (QED) is 0.618. The molecular formula is C21H28N2O4S. The molecule has 0 fully saturated rings. The van der Waals surface area contributed by atoms with Gasteiger partial charge in [-0.3, -0.25) is 4.79 Å². The summed E-state index contributed by atoms with van der Waals surface area (Å²) in [6.45, 7) is 2.99.